The lowest BCUT2D eigenvalue weighted by molar-refractivity contribution is -0.113. The minimum absolute atomic E-state index is 0.0437. The Labute approximate surface area is 149 Å². The fourth-order valence-electron chi connectivity index (χ4n) is 2.72. The smallest absolute Gasteiger partial charge is 0.291 e. The SMILES string of the molecule is CC(C)Cn1c(O)c(C(=O)NC2CC2)c(=O)n2ncc(C=CC(N)=O)c12. The molecule has 138 valence electrons. The number of fused-ring (bicyclic) bond motifs is 1. The lowest BCUT2D eigenvalue weighted by atomic mass is 10.2. The highest BCUT2D eigenvalue weighted by Crippen LogP contribution is 2.24. The van der Waals surface area contributed by atoms with E-state index in [0.29, 0.717) is 17.8 Å². The first-order chi connectivity index (χ1) is 12.3. The molecule has 0 aromatic carbocycles. The van der Waals surface area contributed by atoms with Crippen molar-refractivity contribution in [1.82, 2.24) is 19.5 Å². The number of rotatable bonds is 6. The van der Waals surface area contributed by atoms with Crippen LogP contribution in [0.4, 0.5) is 0 Å². The Bertz CT molecular complexity index is 966. The summed E-state index contributed by atoms with van der Waals surface area (Å²) in [5, 5.41) is 17.4. The minimum atomic E-state index is -0.714. The number of hydrogen-bond acceptors (Lipinski definition) is 5. The molecular formula is C17H21N5O4. The summed E-state index contributed by atoms with van der Waals surface area (Å²) in [4.78, 5) is 36.2. The molecule has 0 radical (unpaired) electrons. The second-order valence-electron chi connectivity index (χ2n) is 6.83. The van der Waals surface area contributed by atoms with E-state index in [1.165, 1.54) is 16.8 Å². The van der Waals surface area contributed by atoms with Crippen LogP contribution in [0, 0.1) is 5.92 Å². The Hall–Kier alpha value is -3.10. The Morgan fingerprint density at radius 3 is 2.73 bits per heavy atom. The summed E-state index contributed by atoms with van der Waals surface area (Å²) in [6.07, 6.45) is 5.67. The van der Waals surface area contributed by atoms with Gasteiger partial charge in [0, 0.05) is 24.2 Å². The van der Waals surface area contributed by atoms with Crippen molar-refractivity contribution in [2.45, 2.75) is 39.3 Å². The number of nitrogens with one attached hydrogen (secondary N) is 1. The molecule has 1 fully saturated rings. The average molecular weight is 359 g/mol. The summed E-state index contributed by atoms with van der Waals surface area (Å²) in [6, 6.07) is 0.0437. The summed E-state index contributed by atoms with van der Waals surface area (Å²) in [5.41, 5.74) is 4.81. The molecule has 26 heavy (non-hydrogen) atoms. The predicted octanol–water partition coefficient (Wildman–Crippen LogP) is 0.248. The number of hydrogen-bond donors (Lipinski definition) is 3. The zero-order valence-corrected chi connectivity index (χ0v) is 14.6. The first-order valence-electron chi connectivity index (χ1n) is 8.41. The van der Waals surface area contributed by atoms with Crippen LogP contribution >= 0.6 is 0 Å². The second-order valence-corrected chi connectivity index (χ2v) is 6.83. The van der Waals surface area contributed by atoms with Crippen molar-refractivity contribution in [2.24, 2.45) is 11.7 Å². The molecule has 1 saturated carbocycles. The number of nitrogens with two attached hydrogens (primary N) is 1. The topological polar surface area (TPSA) is 132 Å². The molecule has 9 nitrogen and oxygen atoms in total. The molecule has 2 amide bonds. The standard InChI is InChI=1S/C17H21N5O4/c1-9(2)8-21-15-10(3-6-12(18)23)7-19-22(15)17(26)13(16(21)25)14(24)20-11-4-5-11/h3,6-7,9,11,25H,4-5,8H2,1-2H3,(H2,18,23)(H,20,24). The number of carbonyl (C=O) groups is 2. The van der Waals surface area contributed by atoms with E-state index in [-0.39, 0.29) is 17.5 Å². The molecule has 2 aromatic rings. The zero-order valence-electron chi connectivity index (χ0n) is 14.6. The summed E-state index contributed by atoms with van der Waals surface area (Å²) in [7, 11) is 0. The van der Waals surface area contributed by atoms with E-state index in [0.717, 1.165) is 23.4 Å². The molecule has 2 aromatic heterocycles. The zero-order chi connectivity index (χ0) is 19.0. The van der Waals surface area contributed by atoms with Crippen molar-refractivity contribution in [3.63, 3.8) is 0 Å². The summed E-state index contributed by atoms with van der Waals surface area (Å²) in [6.45, 7) is 4.23. The minimum Gasteiger partial charge on any atom is -0.494 e. The van der Waals surface area contributed by atoms with Crippen molar-refractivity contribution in [1.29, 1.82) is 0 Å². The second kappa shape index (κ2) is 6.66. The number of aromatic hydroxyl groups is 1. The molecule has 0 aliphatic heterocycles. The van der Waals surface area contributed by atoms with Gasteiger partial charge in [0.25, 0.3) is 11.5 Å². The largest absolute Gasteiger partial charge is 0.494 e. The van der Waals surface area contributed by atoms with Gasteiger partial charge in [0.05, 0.1) is 6.20 Å². The normalized spacial score (nSPS) is 14.4. The van der Waals surface area contributed by atoms with Gasteiger partial charge < -0.3 is 16.2 Å². The van der Waals surface area contributed by atoms with Gasteiger partial charge in [-0.3, -0.25) is 19.0 Å². The maximum absolute atomic E-state index is 12.7. The average Bonchev–Trinajstić information content (AvgIpc) is 3.25. The quantitative estimate of drug-likeness (QED) is 0.636. The van der Waals surface area contributed by atoms with Gasteiger partial charge in [-0.05, 0) is 24.8 Å². The van der Waals surface area contributed by atoms with Gasteiger partial charge in [-0.15, -0.1) is 0 Å². The van der Waals surface area contributed by atoms with Gasteiger partial charge in [0.2, 0.25) is 11.8 Å². The van der Waals surface area contributed by atoms with Gasteiger partial charge in [-0.2, -0.15) is 9.61 Å². The Kier molecular flexibility index (Phi) is 4.54. The van der Waals surface area contributed by atoms with Crippen molar-refractivity contribution < 1.29 is 14.7 Å². The van der Waals surface area contributed by atoms with Crippen LogP contribution in [0.1, 0.15) is 42.6 Å². The van der Waals surface area contributed by atoms with E-state index < -0.39 is 23.3 Å². The van der Waals surface area contributed by atoms with E-state index in [4.69, 9.17) is 5.73 Å². The monoisotopic (exact) mass is 359 g/mol. The van der Waals surface area contributed by atoms with E-state index >= 15 is 0 Å². The Morgan fingerprint density at radius 1 is 1.46 bits per heavy atom. The molecule has 1 aliphatic rings. The van der Waals surface area contributed by atoms with Gasteiger partial charge in [0.1, 0.15) is 5.65 Å². The summed E-state index contributed by atoms with van der Waals surface area (Å²) >= 11 is 0. The predicted molar refractivity (Wildman–Crippen MR) is 94.7 cm³/mol. The first-order valence-corrected chi connectivity index (χ1v) is 8.41. The Morgan fingerprint density at radius 2 is 2.15 bits per heavy atom. The molecule has 1 aliphatic carbocycles. The molecule has 0 unspecified atom stereocenters. The van der Waals surface area contributed by atoms with Gasteiger partial charge >= 0.3 is 0 Å². The van der Waals surface area contributed by atoms with Gasteiger partial charge in [-0.1, -0.05) is 13.8 Å². The van der Waals surface area contributed by atoms with Crippen LogP contribution in [0.5, 0.6) is 5.88 Å². The fraction of sp³-hybridized carbons (Fsp3) is 0.412. The number of carbonyl (C=O) groups excluding carboxylic acids is 2. The molecule has 0 atom stereocenters. The molecule has 0 bridgehead atoms. The molecule has 2 heterocycles. The summed E-state index contributed by atoms with van der Waals surface area (Å²) < 4.78 is 2.52. The third-order valence-corrected chi connectivity index (χ3v) is 4.03. The third kappa shape index (κ3) is 3.32. The van der Waals surface area contributed by atoms with Crippen LogP contribution in [-0.4, -0.2) is 37.1 Å². The van der Waals surface area contributed by atoms with Gasteiger partial charge in [-0.25, -0.2) is 0 Å². The highest BCUT2D eigenvalue weighted by molar-refractivity contribution is 5.97. The van der Waals surface area contributed by atoms with E-state index in [2.05, 4.69) is 10.4 Å². The van der Waals surface area contributed by atoms with Crippen molar-refractivity contribution in [2.75, 3.05) is 0 Å². The maximum atomic E-state index is 12.7. The van der Waals surface area contributed by atoms with Crippen LogP contribution in [0.2, 0.25) is 0 Å². The number of primary amides is 1. The van der Waals surface area contributed by atoms with E-state index in [1.54, 1.807) is 0 Å². The van der Waals surface area contributed by atoms with Crippen LogP contribution in [-0.2, 0) is 11.3 Å². The van der Waals surface area contributed by atoms with Crippen LogP contribution in [0.15, 0.2) is 17.1 Å². The highest BCUT2D eigenvalue weighted by Gasteiger charge is 2.29. The maximum Gasteiger partial charge on any atom is 0.291 e. The molecule has 3 rings (SSSR count). The lowest BCUT2D eigenvalue weighted by Crippen LogP contribution is -2.34. The summed E-state index contributed by atoms with van der Waals surface area (Å²) in [5.74, 6) is -1.55. The fourth-order valence-corrected chi connectivity index (χ4v) is 2.72. The van der Waals surface area contributed by atoms with Gasteiger partial charge in [0.15, 0.2) is 5.56 Å². The number of aromatic nitrogens is 3. The van der Waals surface area contributed by atoms with Crippen molar-refractivity contribution in [3.8, 4) is 5.88 Å². The van der Waals surface area contributed by atoms with E-state index in [9.17, 15) is 19.5 Å². The highest BCUT2D eigenvalue weighted by atomic mass is 16.3. The molecule has 0 saturated heterocycles. The first kappa shape index (κ1) is 17.7. The lowest BCUT2D eigenvalue weighted by Gasteiger charge is -2.17. The molecule has 4 N–H and O–H groups in total. The molecular weight excluding hydrogens is 338 g/mol. The number of nitrogens with zero attached hydrogens (tertiary/aromatic N) is 3. The van der Waals surface area contributed by atoms with Crippen LogP contribution < -0.4 is 16.6 Å². The molecule has 9 heteroatoms. The van der Waals surface area contributed by atoms with Crippen LogP contribution in [0.25, 0.3) is 11.7 Å². The van der Waals surface area contributed by atoms with Crippen LogP contribution in [0.3, 0.4) is 0 Å². The Balaban J connectivity index is 2.23. The van der Waals surface area contributed by atoms with E-state index in [1.807, 2.05) is 13.8 Å². The molecule has 0 spiro atoms. The third-order valence-electron chi connectivity index (χ3n) is 4.03. The number of amides is 2. The van der Waals surface area contributed by atoms with Crippen molar-refractivity contribution in [3.05, 3.63) is 33.8 Å². The van der Waals surface area contributed by atoms with Crippen molar-refractivity contribution >= 4 is 23.5 Å².